The van der Waals surface area contributed by atoms with Gasteiger partial charge in [0.05, 0.1) is 17.1 Å². The third-order valence-corrected chi connectivity index (χ3v) is 5.53. The monoisotopic (exact) mass is 506 g/mol. The van der Waals surface area contributed by atoms with Crippen LogP contribution >= 0.6 is 33.3 Å². The zero-order valence-corrected chi connectivity index (χ0v) is 17.7. The van der Waals surface area contributed by atoms with E-state index < -0.39 is 9.05 Å². The number of esters is 1. The molecule has 0 radical (unpaired) electrons. The van der Waals surface area contributed by atoms with Gasteiger partial charge in [-0.3, -0.25) is 0 Å². The maximum absolute atomic E-state index is 11.5. The summed E-state index contributed by atoms with van der Waals surface area (Å²) < 4.78 is 29.1. The van der Waals surface area contributed by atoms with Crippen molar-refractivity contribution in [3.8, 4) is 0 Å². The molecule has 3 aromatic rings. The molecular weight excluding hydrogens is 491 g/mol. The fraction of sp³-hybridized carbons (Fsp3) is 0.176. The number of hydrogen-bond acceptors (Lipinski definition) is 5. The number of hydrogen-bond donors (Lipinski definition) is 0. The molecule has 26 heavy (non-hydrogen) atoms. The van der Waals surface area contributed by atoms with Crippen LogP contribution in [0.2, 0.25) is 0 Å². The van der Waals surface area contributed by atoms with Crippen LogP contribution in [0.4, 0.5) is 0 Å². The number of benzene rings is 1. The number of fused-ring (bicyclic) bond motifs is 1. The smallest absolute Gasteiger partial charge is 0.339 e. The quantitative estimate of drug-likeness (QED) is 0.305. The first-order valence-corrected chi connectivity index (χ1v) is 10.9. The Balaban J connectivity index is 0.000000209. The normalized spacial score (nSPS) is 10.9. The summed E-state index contributed by atoms with van der Waals surface area (Å²) in [5, 5.41) is 0.980. The first-order valence-electron chi connectivity index (χ1n) is 7.51. The number of halogens is 2. The molecular formula is C17H16ClIN2O4S. The topological polar surface area (TPSA) is 78.3 Å². The van der Waals surface area contributed by atoms with E-state index in [1.165, 1.54) is 12.1 Å². The molecule has 0 bridgehead atoms. The molecule has 0 spiro atoms. The van der Waals surface area contributed by atoms with Gasteiger partial charge >= 0.3 is 5.97 Å². The van der Waals surface area contributed by atoms with Crippen molar-refractivity contribution in [3.05, 3.63) is 57.9 Å². The summed E-state index contributed by atoms with van der Waals surface area (Å²) in [5.41, 5.74) is 1.37. The van der Waals surface area contributed by atoms with Gasteiger partial charge in [-0.05, 0) is 47.7 Å². The zero-order chi connectivity index (χ0) is 19.3. The first-order chi connectivity index (χ1) is 12.2. The van der Waals surface area contributed by atoms with E-state index in [2.05, 4.69) is 27.6 Å². The number of carbonyl (C=O) groups is 1. The van der Waals surface area contributed by atoms with Crippen molar-refractivity contribution in [3.63, 3.8) is 0 Å². The highest BCUT2D eigenvalue weighted by molar-refractivity contribution is 14.1. The van der Waals surface area contributed by atoms with Crippen LogP contribution in [0.5, 0.6) is 0 Å². The standard InChI is InChI=1S/C11H11IN2O2.C6H5ClO2S/c1-3-16-11(15)7-4-8-9(12)6-14(2)10(8)13-5-7;7-10(8,9)6-4-2-1-3-5-6/h4-6H,3H2,1-2H3;1-5H. The van der Waals surface area contributed by atoms with Crippen LogP contribution in [0.1, 0.15) is 17.3 Å². The number of carbonyl (C=O) groups excluding carboxylic acids is 1. The van der Waals surface area contributed by atoms with Crippen molar-refractivity contribution < 1.29 is 17.9 Å². The minimum absolute atomic E-state index is 0.136. The Morgan fingerprint density at radius 1 is 1.31 bits per heavy atom. The van der Waals surface area contributed by atoms with E-state index in [0.717, 1.165) is 14.6 Å². The summed E-state index contributed by atoms with van der Waals surface area (Å²) in [4.78, 5) is 15.9. The van der Waals surface area contributed by atoms with Crippen LogP contribution in [0.3, 0.4) is 0 Å². The average Bonchev–Trinajstić information content (AvgIpc) is 2.89. The summed E-state index contributed by atoms with van der Waals surface area (Å²) >= 11 is 2.23. The van der Waals surface area contributed by atoms with Crippen molar-refractivity contribution in [2.75, 3.05) is 6.61 Å². The van der Waals surface area contributed by atoms with Gasteiger partial charge in [0.25, 0.3) is 9.05 Å². The lowest BCUT2D eigenvalue weighted by Gasteiger charge is -2.01. The van der Waals surface area contributed by atoms with Gasteiger partial charge in [0.2, 0.25) is 0 Å². The Morgan fingerprint density at radius 2 is 1.96 bits per heavy atom. The third-order valence-electron chi connectivity index (χ3n) is 3.30. The highest BCUT2D eigenvalue weighted by atomic mass is 127. The van der Waals surface area contributed by atoms with Gasteiger partial charge in [-0.1, -0.05) is 18.2 Å². The molecule has 0 aliphatic carbocycles. The molecule has 0 atom stereocenters. The van der Waals surface area contributed by atoms with E-state index in [1.54, 1.807) is 31.3 Å². The molecule has 0 aliphatic rings. The molecule has 1 aromatic carbocycles. The molecule has 0 aliphatic heterocycles. The highest BCUT2D eigenvalue weighted by Crippen LogP contribution is 2.21. The summed E-state index contributed by atoms with van der Waals surface area (Å²) in [6.07, 6.45) is 3.53. The van der Waals surface area contributed by atoms with Crippen LogP contribution in [0.15, 0.2) is 53.7 Å². The number of aryl methyl sites for hydroxylation is 1. The molecule has 0 saturated heterocycles. The predicted octanol–water partition coefficient (Wildman–Crippen LogP) is 3.97. The van der Waals surface area contributed by atoms with Crippen LogP contribution < -0.4 is 0 Å². The average molecular weight is 507 g/mol. The highest BCUT2D eigenvalue weighted by Gasteiger charge is 2.11. The van der Waals surface area contributed by atoms with Gasteiger partial charge in [-0.15, -0.1) is 0 Å². The van der Waals surface area contributed by atoms with E-state index in [4.69, 9.17) is 15.4 Å². The maximum Gasteiger partial charge on any atom is 0.339 e. The van der Waals surface area contributed by atoms with Gasteiger partial charge in [0.15, 0.2) is 0 Å². The van der Waals surface area contributed by atoms with Gasteiger partial charge in [0, 0.05) is 39.1 Å². The molecule has 2 heterocycles. The lowest BCUT2D eigenvalue weighted by atomic mass is 10.2. The molecule has 0 amide bonds. The Kier molecular flexibility index (Phi) is 7.01. The Labute approximate surface area is 169 Å². The molecule has 3 rings (SSSR count). The second-order valence-electron chi connectivity index (χ2n) is 5.15. The number of ether oxygens (including phenoxy) is 1. The molecule has 6 nitrogen and oxygen atoms in total. The number of rotatable bonds is 3. The van der Waals surface area contributed by atoms with Gasteiger partial charge in [-0.2, -0.15) is 0 Å². The second kappa shape index (κ2) is 8.83. The molecule has 0 N–H and O–H groups in total. The van der Waals surface area contributed by atoms with E-state index in [0.29, 0.717) is 12.2 Å². The predicted molar refractivity (Wildman–Crippen MR) is 109 cm³/mol. The van der Waals surface area contributed by atoms with Gasteiger partial charge in [0.1, 0.15) is 5.65 Å². The molecule has 2 aromatic heterocycles. The molecule has 0 fully saturated rings. The lowest BCUT2D eigenvalue weighted by Crippen LogP contribution is -2.05. The Bertz CT molecular complexity index is 1020. The fourth-order valence-electron chi connectivity index (χ4n) is 2.12. The molecule has 0 saturated carbocycles. The minimum Gasteiger partial charge on any atom is -0.462 e. The largest absolute Gasteiger partial charge is 0.462 e. The molecule has 9 heteroatoms. The van der Waals surface area contributed by atoms with Gasteiger partial charge in [-0.25, -0.2) is 18.2 Å². The summed E-state index contributed by atoms with van der Waals surface area (Å²) in [5.74, 6) is -0.323. The van der Waals surface area contributed by atoms with Crippen molar-refractivity contribution >= 4 is 59.3 Å². The van der Waals surface area contributed by atoms with Crippen molar-refractivity contribution in [2.45, 2.75) is 11.8 Å². The number of aromatic nitrogens is 2. The van der Waals surface area contributed by atoms with E-state index >= 15 is 0 Å². The maximum atomic E-state index is 11.5. The zero-order valence-electron chi connectivity index (χ0n) is 14.0. The van der Waals surface area contributed by atoms with Crippen molar-refractivity contribution in [2.24, 2.45) is 7.05 Å². The lowest BCUT2D eigenvalue weighted by molar-refractivity contribution is 0.0526. The van der Waals surface area contributed by atoms with Gasteiger partial charge < -0.3 is 9.30 Å². The summed E-state index contributed by atoms with van der Waals surface area (Å²) in [7, 11) is 3.43. The fourth-order valence-corrected chi connectivity index (χ4v) is 3.73. The molecule has 0 unspecified atom stereocenters. The van der Waals surface area contributed by atoms with E-state index in [9.17, 15) is 13.2 Å². The van der Waals surface area contributed by atoms with E-state index in [-0.39, 0.29) is 10.9 Å². The second-order valence-corrected chi connectivity index (χ2v) is 8.88. The van der Waals surface area contributed by atoms with Crippen LogP contribution in [-0.2, 0) is 20.8 Å². The summed E-state index contributed by atoms with van der Waals surface area (Å²) in [6.45, 7) is 2.17. The summed E-state index contributed by atoms with van der Waals surface area (Å²) in [6, 6.07) is 9.68. The number of nitrogens with zero attached hydrogens (tertiary/aromatic N) is 2. The third kappa shape index (κ3) is 5.18. The Morgan fingerprint density at radius 3 is 2.50 bits per heavy atom. The van der Waals surface area contributed by atoms with Crippen LogP contribution in [0.25, 0.3) is 11.0 Å². The van der Waals surface area contributed by atoms with Crippen LogP contribution in [-0.4, -0.2) is 30.5 Å². The number of pyridine rings is 1. The van der Waals surface area contributed by atoms with Crippen LogP contribution in [0, 0.1) is 3.57 Å². The van der Waals surface area contributed by atoms with Crippen molar-refractivity contribution in [1.29, 1.82) is 0 Å². The van der Waals surface area contributed by atoms with Crippen molar-refractivity contribution in [1.82, 2.24) is 9.55 Å². The first kappa shape index (κ1) is 20.7. The minimum atomic E-state index is -3.53. The van der Waals surface area contributed by atoms with E-state index in [1.807, 2.05) is 23.9 Å². The Hall–Kier alpha value is -1.65. The SMILES string of the molecule is CCOC(=O)c1cnc2c(c1)c(I)cn2C.O=S(=O)(Cl)c1ccccc1. The molecule has 138 valence electrons.